The number of hydrogen-bond donors (Lipinski definition) is 0. The molecule has 0 spiro atoms. The molecule has 7 nitrogen and oxygen atoms in total. The molecule has 1 aliphatic heterocycles. The van der Waals surface area contributed by atoms with Crippen LogP contribution in [0.5, 0.6) is 0 Å². The summed E-state index contributed by atoms with van der Waals surface area (Å²) in [6, 6.07) is 6.35. The van der Waals surface area contributed by atoms with Crippen LogP contribution in [0.15, 0.2) is 30.5 Å². The second-order valence-electron chi connectivity index (χ2n) is 5.57. The van der Waals surface area contributed by atoms with Gasteiger partial charge in [0.05, 0.1) is 16.8 Å². The van der Waals surface area contributed by atoms with Gasteiger partial charge < -0.3 is 4.84 Å². The van der Waals surface area contributed by atoms with Gasteiger partial charge in [-0.25, -0.2) is 4.79 Å². The van der Waals surface area contributed by atoms with Crippen LogP contribution in [0.3, 0.4) is 0 Å². The van der Waals surface area contributed by atoms with Crippen LogP contribution in [0.2, 0.25) is 0 Å². The zero-order chi connectivity index (χ0) is 17.3. The fraction of sp³-hybridized carbons (Fsp3) is 0.294. The lowest BCUT2D eigenvalue weighted by Gasteiger charge is -2.12. The first kappa shape index (κ1) is 15.9. The number of benzene rings is 1. The fourth-order valence-electron chi connectivity index (χ4n) is 2.54. The average molecular weight is 327 g/mol. The van der Waals surface area contributed by atoms with Gasteiger partial charge in [0, 0.05) is 12.7 Å². The van der Waals surface area contributed by atoms with Crippen LogP contribution < -0.4 is 0 Å². The molecule has 0 aliphatic carbocycles. The van der Waals surface area contributed by atoms with Crippen molar-refractivity contribution < 1.29 is 19.2 Å². The van der Waals surface area contributed by atoms with Crippen molar-refractivity contribution in [2.45, 2.75) is 33.2 Å². The molecule has 124 valence electrons. The molecule has 2 amide bonds. The van der Waals surface area contributed by atoms with E-state index in [0.29, 0.717) is 17.3 Å². The summed E-state index contributed by atoms with van der Waals surface area (Å²) in [5, 5.41) is 4.76. The first-order valence-electron chi connectivity index (χ1n) is 7.77. The maximum absolute atomic E-state index is 12.3. The first-order valence-corrected chi connectivity index (χ1v) is 7.77. The zero-order valence-electron chi connectivity index (χ0n) is 13.5. The summed E-state index contributed by atoms with van der Waals surface area (Å²) >= 11 is 0. The second kappa shape index (κ2) is 6.27. The Hall–Kier alpha value is -2.96. The maximum atomic E-state index is 12.3. The highest BCUT2D eigenvalue weighted by atomic mass is 16.7. The Kier molecular flexibility index (Phi) is 4.16. The van der Waals surface area contributed by atoms with Crippen molar-refractivity contribution >= 4 is 17.8 Å². The van der Waals surface area contributed by atoms with E-state index in [1.54, 1.807) is 29.9 Å². The summed E-state index contributed by atoms with van der Waals surface area (Å²) in [5.41, 5.74) is 1.19. The third-order valence-corrected chi connectivity index (χ3v) is 3.84. The molecule has 0 atom stereocenters. The Labute approximate surface area is 138 Å². The molecule has 3 rings (SSSR count). The lowest BCUT2D eigenvalue weighted by atomic mass is 10.1. The van der Waals surface area contributed by atoms with Gasteiger partial charge >= 0.3 is 5.97 Å². The van der Waals surface area contributed by atoms with Crippen molar-refractivity contribution in [2.75, 3.05) is 0 Å². The summed E-state index contributed by atoms with van der Waals surface area (Å²) < 4.78 is 1.66. The molecule has 2 aromatic rings. The van der Waals surface area contributed by atoms with Crippen molar-refractivity contribution in [3.63, 3.8) is 0 Å². The highest BCUT2D eigenvalue weighted by Gasteiger charge is 2.39. The van der Waals surface area contributed by atoms with Crippen molar-refractivity contribution in [3.05, 3.63) is 52.8 Å². The monoisotopic (exact) mass is 327 g/mol. The van der Waals surface area contributed by atoms with E-state index < -0.39 is 17.8 Å². The van der Waals surface area contributed by atoms with Gasteiger partial charge in [-0.3, -0.25) is 14.3 Å². The Morgan fingerprint density at radius 2 is 1.79 bits per heavy atom. The first-order chi connectivity index (χ1) is 11.5. The van der Waals surface area contributed by atoms with Crippen molar-refractivity contribution in [1.82, 2.24) is 14.8 Å². The molecular formula is C17H17N3O4. The van der Waals surface area contributed by atoms with Gasteiger partial charge in [-0.15, -0.1) is 0 Å². The van der Waals surface area contributed by atoms with Gasteiger partial charge in [-0.1, -0.05) is 30.5 Å². The van der Waals surface area contributed by atoms with Gasteiger partial charge in [0.1, 0.15) is 5.56 Å². The van der Waals surface area contributed by atoms with E-state index in [1.165, 1.54) is 12.1 Å². The standard InChI is InChI=1S/C17H17N3O4/c1-3-4-9-19-10-14(11(2)18-19)17(23)24-20-15(21)12-7-5-6-8-13(12)16(20)22/h5-8,10H,3-4,9H2,1-2H3. The van der Waals surface area contributed by atoms with E-state index in [9.17, 15) is 14.4 Å². The summed E-state index contributed by atoms with van der Waals surface area (Å²) in [7, 11) is 0. The lowest BCUT2D eigenvalue weighted by Crippen LogP contribution is -2.32. The number of nitrogens with zero attached hydrogens (tertiary/aromatic N) is 3. The van der Waals surface area contributed by atoms with Crippen molar-refractivity contribution in [1.29, 1.82) is 0 Å². The number of unbranched alkanes of at least 4 members (excludes halogenated alkanes) is 1. The molecule has 1 aromatic heterocycles. The zero-order valence-corrected chi connectivity index (χ0v) is 13.5. The number of imide groups is 1. The summed E-state index contributed by atoms with van der Waals surface area (Å²) in [6.45, 7) is 4.44. The van der Waals surface area contributed by atoms with E-state index in [-0.39, 0.29) is 16.7 Å². The molecule has 0 unspecified atom stereocenters. The number of hydroxylamine groups is 2. The number of carbonyl (C=O) groups excluding carboxylic acids is 3. The Morgan fingerprint density at radius 1 is 1.17 bits per heavy atom. The molecule has 0 radical (unpaired) electrons. The molecule has 24 heavy (non-hydrogen) atoms. The van der Waals surface area contributed by atoms with Gasteiger partial charge in [-0.2, -0.15) is 5.10 Å². The Bertz CT molecular complexity index is 790. The quantitative estimate of drug-likeness (QED) is 0.787. The molecule has 0 N–H and O–H groups in total. The highest BCUT2D eigenvalue weighted by molar-refractivity contribution is 6.21. The van der Waals surface area contributed by atoms with E-state index in [0.717, 1.165) is 12.8 Å². The minimum atomic E-state index is -0.773. The molecule has 0 bridgehead atoms. The number of hydrogen-bond acceptors (Lipinski definition) is 5. The van der Waals surface area contributed by atoms with E-state index in [1.807, 2.05) is 0 Å². The molecule has 7 heteroatoms. The Balaban J connectivity index is 1.78. The van der Waals surface area contributed by atoms with Crippen LogP contribution in [0.1, 0.15) is 56.5 Å². The van der Waals surface area contributed by atoms with Crippen LogP contribution in [-0.2, 0) is 11.4 Å². The molecule has 0 saturated carbocycles. The van der Waals surface area contributed by atoms with E-state index >= 15 is 0 Å². The van der Waals surface area contributed by atoms with Gasteiger partial charge in [0.25, 0.3) is 11.8 Å². The fourth-order valence-corrected chi connectivity index (χ4v) is 2.54. The average Bonchev–Trinajstić information content (AvgIpc) is 3.07. The number of amides is 2. The third kappa shape index (κ3) is 2.68. The summed E-state index contributed by atoms with van der Waals surface area (Å²) in [5.74, 6) is -2.05. The van der Waals surface area contributed by atoms with E-state index in [4.69, 9.17) is 4.84 Å². The molecule has 0 fully saturated rings. The lowest BCUT2D eigenvalue weighted by molar-refractivity contribution is -0.0585. The normalized spacial score (nSPS) is 13.3. The van der Waals surface area contributed by atoms with E-state index in [2.05, 4.69) is 12.0 Å². The predicted octanol–water partition coefficient (Wildman–Crippen LogP) is 2.36. The maximum Gasteiger partial charge on any atom is 0.367 e. The number of aryl methyl sites for hydroxylation is 2. The van der Waals surface area contributed by atoms with Crippen LogP contribution in [-0.4, -0.2) is 32.6 Å². The second-order valence-corrected chi connectivity index (χ2v) is 5.57. The minimum Gasteiger partial charge on any atom is -0.324 e. The summed E-state index contributed by atoms with van der Waals surface area (Å²) in [4.78, 5) is 41.8. The Morgan fingerprint density at radius 3 is 2.38 bits per heavy atom. The highest BCUT2D eigenvalue weighted by Crippen LogP contribution is 2.23. The molecule has 2 heterocycles. The van der Waals surface area contributed by atoms with Crippen LogP contribution in [0.25, 0.3) is 0 Å². The predicted molar refractivity (Wildman–Crippen MR) is 84.2 cm³/mol. The molecule has 0 saturated heterocycles. The van der Waals surface area contributed by atoms with Crippen molar-refractivity contribution in [2.24, 2.45) is 0 Å². The molecule has 1 aromatic carbocycles. The van der Waals surface area contributed by atoms with Crippen molar-refractivity contribution in [3.8, 4) is 0 Å². The number of aromatic nitrogens is 2. The van der Waals surface area contributed by atoms with Gasteiger partial charge in [0.15, 0.2) is 0 Å². The third-order valence-electron chi connectivity index (χ3n) is 3.84. The summed E-state index contributed by atoms with van der Waals surface area (Å²) in [6.07, 6.45) is 3.52. The number of fused-ring (bicyclic) bond motifs is 1. The van der Waals surface area contributed by atoms with Crippen LogP contribution >= 0.6 is 0 Å². The van der Waals surface area contributed by atoms with Gasteiger partial charge in [0.2, 0.25) is 0 Å². The van der Waals surface area contributed by atoms with Crippen LogP contribution in [0.4, 0.5) is 0 Å². The molecule has 1 aliphatic rings. The van der Waals surface area contributed by atoms with Crippen LogP contribution in [0, 0.1) is 6.92 Å². The minimum absolute atomic E-state index is 0.227. The largest absolute Gasteiger partial charge is 0.367 e. The molecular weight excluding hydrogens is 310 g/mol. The SMILES string of the molecule is CCCCn1cc(C(=O)ON2C(=O)c3ccccc3C2=O)c(C)n1. The topological polar surface area (TPSA) is 81.5 Å². The van der Waals surface area contributed by atoms with Gasteiger partial charge in [-0.05, 0) is 25.5 Å². The smallest absolute Gasteiger partial charge is 0.324 e. The number of carbonyl (C=O) groups is 3. The number of rotatable bonds is 5.